The molecular formula is C18H17ClN2S. The minimum atomic E-state index is 0.396. The Morgan fingerprint density at radius 3 is 2.86 bits per heavy atom. The van der Waals surface area contributed by atoms with E-state index in [-0.39, 0.29) is 0 Å². The number of nitrogens with one attached hydrogen (secondary N) is 1. The molecule has 1 unspecified atom stereocenters. The Bertz CT molecular complexity index is 798. The number of halogens is 1. The molecule has 1 aliphatic heterocycles. The van der Waals surface area contributed by atoms with Gasteiger partial charge in [0.25, 0.3) is 0 Å². The van der Waals surface area contributed by atoms with Gasteiger partial charge in [0, 0.05) is 46.5 Å². The molecule has 0 bridgehead atoms. The SMILES string of the molecule is Clc1ccccc1CN1CCSC1c1c[nH]c2ccccc12. The Labute approximate surface area is 139 Å². The van der Waals surface area contributed by atoms with E-state index in [9.17, 15) is 0 Å². The second kappa shape index (κ2) is 5.99. The molecule has 0 amide bonds. The van der Waals surface area contributed by atoms with Crippen LogP contribution in [0.4, 0.5) is 0 Å². The summed E-state index contributed by atoms with van der Waals surface area (Å²) < 4.78 is 0. The van der Waals surface area contributed by atoms with Gasteiger partial charge in [-0.1, -0.05) is 48.0 Å². The summed E-state index contributed by atoms with van der Waals surface area (Å²) >= 11 is 8.34. The number of benzene rings is 2. The number of hydrogen-bond acceptors (Lipinski definition) is 2. The largest absolute Gasteiger partial charge is 0.361 e. The second-order valence-electron chi connectivity index (χ2n) is 5.57. The van der Waals surface area contributed by atoms with Gasteiger partial charge in [-0.05, 0) is 17.7 Å². The number of H-pyrrole nitrogens is 1. The first-order chi connectivity index (χ1) is 10.8. The third-order valence-corrected chi connectivity index (χ3v) is 5.86. The van der Waals surface area contributed by atoms with Crippen molar-refractivity contribution < 1.29 is 0 Å². The summed E-state index contributed by atoms with van der Waals surface area (Å²) in [6.07, 6.45) is 2.16. The fourth-order valence-electron chi connectivity index (χ4n) is 3.10. The van der Waals surface area contributed by atoms with Crippen molar-refractivity contribution in [3.63, 3.8) is 0 Å². The number of fused-ring (bicyclic) bond motifs is 1. The maximum atomic E-state index is 6.33. The van der Waals surface area contributed by atoms with Gasteiger partial charge < -0.3 is 4.98 Å². The molecule has 0 spiro atoms. The minimum absolute atomic E-state index is 0.396. The highest BCUT2D eigenvalue weighted by atomic mass is 35.5. The smallest absolute Gasteiger partial charge is 0.0838 e. The standard InChI is InChI=1S/C18H17ClN2S/c19-16-7-3-1-5-13(16)12-21-9-10-22-18(21)15-11-20-17-8-4-2-6-14(15)17/h1-8,11,18,20H,9-10,12H2. The molecule has 1 N–H and O–H groups in total. The lowest BCUT2D eigenvalue weighted by molar-refractivity contribution is 0.283. The number of nitrogens with zero attached hydrogens (tertiary/aromatic N) is 1. The van der Waals surface area contributed by atoms with Crippen molar-refractivity contribution in [2.45, 2.75) is 11.9 Å². The molecule has 22 heavy (non-hydrogen) atoms. The average Bonchev–Trinajstić information content (AvgIpc) is 3.16. The molecule has 1 aromatic heterocycles. The maximum Gasteiger partial charge on any atom is 0.0838 e. The number of aromatic nitrogens is 1. The highest BCUT2D eigenvalue weighted by molar-refractivity contribution is 7.99. The highest BCUT2D eigenvalue weighted by Crippen LogP contribution is 2.41. The summed E-state index contributed by atoms with van der Waals surface area (Å²) in [5.74, 6) is 1.16. The summed E-state index contributed by atoms with van der Waals surface area (Å²) in [5.41, 5.74) is 3.80. The molecule has 2 nitrogen and oxygen atoms in total. The van der Waals surface area contributed by atoms with Crippen molar-refractivity contribution in [1.29, 1.82) is 0 Å². The van der Waals surface area contributed by atoms with Crippen LogP contribution in [-0.4, -0.2) is 22.2 Å². The molecule has 0 radical (unpaired) electrons. The first-order valence-corrected chi connectivity index (χ1v) is 8.91. The highest BCUT2D eigenvalue weighted by Gasteiger charge is 2.28. The monoisotopic (exact) mass is 328 g/mol. The van der Waals surface area contributed by atoms with E-state index < -0.39 is 0 Å². The summed E-state index contributed by atoms with van der Waals surface area (Å²) in [4.78, 5) is 5.91. The van der Waals surface area contributed by atoms with Crippen LogP contribution in [0.2, 0.25) is 5.02 Å². The number of rotatable bonds is 3. The normalized spacial score (nSPS) is 19.0. The molecule has 2 heterocycles. The molecule has 1 saturated heterocycles. The van der Waals surface area contributed by atoms with Gasteiger partial charge in [-0.3, -0.25) is 4.90 Å². The van der Waals surface area contributed by atoms with Crippen molar-refractivity contribution in [3.8, 4) is 0 Å². The Morgan fingerprint density at radius 1 is 1.14 bits per heavy atom. The summed E-state index contributed by atoms with van der Waals surface area (Å²) in [6.45, 7) is 2.00. The number of para-hydroxylation sites is 1. The molecule has 0 saturated carbocycles. The third kappa shape index (κ3) is 2.54. The first-order valence-electron chi connectivity index (χ1n) is 7.48. The fraction of sp³-hybridized carbons (Fsp3) is 0.222. The van der Waals surface area contributed by atoms with E-state index in [1.165, 1.54) is 22.0 Å². The van der Waals surface area contributed by atoms with E-state index in [1.807, 2.05) is 23.9 Å². The lowest BCUT2D eigenvalue weighted by atomic mass is 10.1. The fourth-order valence-corrected chi connectivity index (χ4v) is 4.62. The quantitative estimate of drug-likeness (QED) is 0.724. The Balaban J connectivity index is 1.65. The van der Waals surface area contributed by atoms with Crippen LogP contribution in [0, 0.1) is 0 Å². The second-order valence-corrected chi connectivity index (χ2v) is 7.17. The van der Waals surface area contributed by atoms with Crippen LogP contribution >= 0.6 is 23.4 Å². The van der Waals surface area contributed by atoms with Crippen molar-refractivity contribution in [3.05, 3.63) is 70.9 Å². The molecule has 3 aromatic rings. The zero-order valence-corrected chi connectivity index (χ0v) is 13.7. The first kappa shape index (κ1) is 14.2. The zero-order chi connectivity index (χ0) is 14.9. The topological polar surface area (TPSA) is 19.0 Å². The molecule has 4 heteroatoms. The summed E-state index contributed by atoms with van der Waals surface area (Å²) in [7, 11) is 0. The zero-order valence-electron chi connectivity index (χ0n) is 12.1. The van der Waals surface area contributed by atoms with Gasteiger partial charge in [-0.2, -0.15) is 0 Å². The van der Waals surface area contributed by atoms with E-state index in [0.717, 1.165) is 23.9 Å². The molecule has 1 fully saturated rings. The van der Waals surface area contributed by atoms with E-state index in [4.69, 9.17) is 11.6 Å². The summed E-state index contributed by atoms with van der Waals surface area (Å²) in [6, 6.07) is 16.7. The van der Waals surface area contributed by atoms with Crippen LogP contribution in [0.25, 0.3) is 10.9 Å². The number of thioether (sulfide) groups is 1. The van der Waals surface area contributed by atoms with Crippen LogP contribution in [0.1, 0.15) is 16.5 Å². The van der Waals surface area contributed by atoms with Crippen LogP contribution in [0.5, 0.6) is 0 Å². The van der Waals surface area contributed by atoms with Crippen molar-refractivity contribution >= 4 is 34.3 Å². The van der Waals surface area contributed by atoms with E-state index in [2.05, 4.69) is 52.5 Å². The molecule has 1 aliphatic rings. The summed E-state index contributed by atoms with van der Waals surface area (Å²) in [5, 5.41) is 2.58. The third-order valence-electron chi connectivity index (χ3n) is 4.20. The van der Waals surface area contributed by atoms with Crippen molar-refractivity contribution in [1.82, 2.24) is 9.88 Å². The number of aromatic amines is 1. The van der Waals surface area contributed by atoms with Gasteiger partial charge in [0.1, 0.15) is 0 Å². The van der Waals surface area contributed by atoms with Gasteiger partial charge in [-0.15, -0.1) is 11.8 Å². The Hall–Kier alpha value is -1.42. The lowest BCUT2D eigenvalue weighted by Gasteiger charge is -2.23. The van der Waals surface area contributed by atoms with Gasteiger partial charge in [-0.25, -0.2) is 0 Å². The molecule has 0 aliphatic carbocycles. The molecule has 1 atom stereocenters. The van der Waals surface area contributed by atoms with Gasteiger partial charge in [0.2, 0.25) is 0 Å². The Morgan fingerprint density at radius 2 is 1.95 bits per heavy atom. The predicted molar refractivity (Wildman–Crippen MR) is 95.4 cm³/mol. The van der Waals surface area contributed by atoms with E-state index in [0.29, 0.717) is 5.37 Å². The van der Waals surface area contributed by atoms with E-state index >= 15 is 0 Å². The molecule has 112 valence electrons. The lowest BCUT2D eigenvalue weighted by Crippen LogP contribution is -2.22. The minimum Gasteiger partial charge on any atom is -0.361 e. The molecule has 4 rings (SSSR count). The molecule has 2 aromatic carbocycles. The Kier molecular flexibility index (Phi) is 3.87. The maximum absolute atomic E-state index is 6.33. The average molecular weight is 329 g/mol. The van der Waals surface area contributed by atoms with Crippen LogP contribution < -0.4 is 0 Å². The van der Waals surface area contributed by atoms with E-state index in [1.54, 1.807) is 0 Å². The van der Waals surface area contributed by atoms with Gasteiger partial charge in [0.05, 0.1) is 5.37 Å². The number of hydrogen-bond donors (Lipinski definition) is 1. The van der Waals surface area contributed by atoms with Gasteiger partial charge in [0.15, 0.2) is 0 Å². The van der Waals surface area contributed by atoms with Crippen LogP contribution in [0.3, 0.4) is 0 Å². The molecular weight excluding hydrogens is 312 g/mol. The van der Waals surface area contributed by atoms with Crippen LogP contribution in [-0.2, 0) is 6.54 Å². The van der Waals surface area contributed by atoms with Crippen molar-refractivity contribution in [2.24, 2.45) is 0 Å². The predicted octanol–water partition coefficient (Wildman–Crippen LogP) is 5.07. The van der Waals surface area contributed by atoms with Crippen LogP contribution in [0.15, 0.2) is 54.7 Å². The van der Waals surface area contributed by atoms with Gasteiger partial charge >= 0.3 is 0 Å². The van der Waals surface area contributed by atoms with Crippen molar-refractivity contribution in [2.75, 3.05) is 12.3 Å².